The van der Waals surface area contributed by atoms with Gasteiger partial charge in [0.15, 0.2) is 0 Å². The van der Waals surface area contributed by atoms with Crippen molar-refractivity contribution in [3.8, 4) is 0 Å². The topological polar surface area (TPSA) is 46.9 Å². The van der Waals surface area contributed by atoms with E-state index in [0.717, 1.165) is 22.4 Å². The van der Waals surface area contributed by atoms with Crippen molar-refractivity contribution < 1.29 is 4.79 Å². The van der Waals surface area contributed by atoms with Crippen molar-refractivity contribution in [2.24, 2.45) is 0 Å². The van der Waals surface area contributed by atoms with E-state index in [9.17, 15) is 4.79 Å². The lowest BCUT2D eigenvalue weighted by Gasteiger charge is -2.21. The summed E-state index contributed by atoms with van der Waals surface area (Å²) in [4.78, 5) is 16.8. The number of hydrogen-bond donors (Lipinski definition) is 1. The molecule has 21 heavy (non-hydrogen) atoms. The Bertz CT molecular complexity index is 668. The molecule has 2 aromatic rings. The van der Waals surface area contributed by atoms with E-state index in [0.29, 0.717) is 0 Å². The van der Waals surface area contributed by atoms with Crippen LogP contribution in [0.3, 0.4) is 0 Å². The Morgan fingerprint density at radius 1 is 1.43 bits per heavy atom. The van der Waals surface area contributed by atoms with Gasteiger partial charge >= 0.3 is 0 Å². The van der Waals surface area contributed by atoms with Crippen LogP contribution < -0.4 is 5.32 Å². The van der Waals surface area contributed by atoms with Crippen molar-refractivity contribution in [3.05, 3.63) is 29.6 Å². The van der Waals surface area contributed by atoms with Crippen LogP contribution in [0.4, 0.5) is 0 Å². The van der Waals surface area contributed by atoms with Gasteiger partial charge in [-0.15, -0.1) is 11.6 Å². The van der Waals surface area contributed by atoms with Gasteiger partial charge in [-0.3, -0.25) is 4.79 Å². The fourth-order valence-corrected chi connectivity index (χ4v) is 2.54. The van der Waals surface area contributed by atoms with Crippen LogP contribution in [0.5, 0.6) is 0 Å². The van der Waals surface area contributed by atoms with E-state index in [4.69, 9.17) is 11.6 Å². The summed E-state index contributed by atoms with van der Waals surface area (Å²) in [6.07, 6.45) is 0. The number of aromatic nitrogens is 2. The minimum Gasteiger partial charge on any atom is -0.350 e. The highest BCUT2D eigenvalue weighted by Crippen LogP contribution is 2.26. The third-order valence-electron chi connectivity index (χ3n) is 3.18. The Labute approximate surface area is 130 Å². The van der Waals surface area contributed by atoms with Gasteiger partial charge in [-0.2, -0.15) is 0 Å². The van der Waals surface area contributed by atoms with Gasteiger partial charge in [-0.25, -0.2) is 4.98 Å². The number of halogens is 1. The maximum absolute atomic E-state index is 12.2. The fourth-order valence-electron chi connectivity index (χ4n) is 2.38. The first-order valence-corrected chi connectivity index (χ1v) is 7.53. The second kappa shape index (κ2) is 5.68. The maximum Gasteiger partial charge on any atom is 0.240 e. The van der Waals surface area contributed by atoms with Gasteiger partial charge in [-0.05, 0) is 46.2 Å². The van der Waals surface area contributed by atoms with E-state index in [1.165, 1.54) is 0 Å². The SMILES string of the molecule is Cc1cccc2c1nc(C(C)Cl)n2CC(=O)NC(C)(C)C. The van der Waals surface area contributed by atoms with Gasteiger partial charge in [0.2, 0.25) is 5.91 Å². The van der Waals surface area contributed by atoms with Gasteiger partial charge in [-0.1, -0.05) is 12.1 Å². The van der Waals surface area contributed by atoms with Gasteiger partial charge in [0.05, 0.1) is 16.4 Å². The molecule has 5 heteroatoms. The monoisotopic (exact) mass is 307 g/mol. The van der Waals surface area contributed by atoms with Gasteiger partial charge in [0.25, 0.3) is 0 Å². The number of aryl methyl sites for hydroxylation is 1. The third kappa shape index (κ3) is 3.56. The minimum atomic E-state index is -0.254. The molecule has 0 fully saturated rings. The smallest absolute Gasteiger partial charge is 0.240 e. The Balaban J connectivity index is 2.44. The second-order valence-electron chi connectivity index (χ2n) is 6.41. The number of nitrogens with zero attached hydrogens (tertiary/aromatic N) is 2. The molecule has 0 spiro atoms. The van der Waals surface area contributed by atoms with Gasteiger partial charge in [0.1, 0.15) is 12.4 Å². The van der Waals surface area contributed by atoms with Crippen LogP contribution in [0.1, 0.15) is 44.5 Å². The lowest BCUT2D eigenvalue weighted by molar-refractivity contribution is -0.123. The molecular weight excluding hydrogens is 286 g/mol. The number of benzene rings is 1. The average Bonchev–Trinajstić information content (AvgIpc) is 2.67. The van der Waals surface area contributed by atoms with E-state index in [-0.39, 0.29) is 23.4 Å². The number of amides is 1. The number of para-hydroxylation sites is 1. The molecule has 1 unspecified atom stereocenters. The minimum absolute atomic E-state index is 0.0399. The zero-order valence-corrected chi connectivity index (χ0v) is 14.0. The lowest BCUT2D eigenvalue weighted by atomic mass is 10.1. The molecule has 0 bridgehead atoms. The normalized spacial score (nSPS) is 13.4. The third-order valence-corrected chi connectivity index (χ3v) is 3.38. The van der Waals surface area contributed by atoms with Crippen molar-refractivity contribution in [1.82, 2.24) is 14.9 Å². The molecule has 0 aliphatic carbocycles. The molecular formula is C16H22ClN3O. The number of rotatable bonds is 3. The summed E-state index contributed by atoms with van der Waals surface area (Å²) in [5, 5.41) is 2.72. The number of carbonyl (C=O) groups excluding carboxylic acids is 1. The number of carbonyl (C=O) groups is 1. The average molecular weight is 308 g/mol. The summed E-state index contributed by atoms with van der Waals surface area (Å²) in [6.45, 7) is 10.0. The van der Waals surface area contributed by atoms with Crippen LogP contribution in [-0.4, -0.2) is 21.0 Å². The molecule has 0 saturated heterocycles. The Morgan fingerprint density at radius 3 is 2.67 bits per heavy atom. The number of imidazole rings is 1. The van der Waals surface area contributed by atoms with E-state index < -0.39 is 0 Å². The highest BCUT2D eigenvalue weighted by molar-refractivity contribution is 6.20. The number of hydrogen-bond acceptors (Lipinski definition) is 2. The van der Waals surface area contributed by atoms with Crippen molar-refractivity contribution in [2.45, 2.75) is 52.1 Å². The van der Waals surface area contributed by atoms with Gasteiger partial charge in [0, 0.05) is 5.54 Å². The quantitative estimate of drug-likeness (QED) is 0.881. The molecule has 1 N–H and O–H groups in total. The largest absolute Gasteiger partial charge is 0.350 e. The molecule has 0 aliphatic rings. The number of alkyl halides is 1. The molecule has 1 heterocycles. The summed E-state index contributed by atoms with van der Waals surface area (Å²) < 4.78 is 1.90. The molecule has 114 valence electrons. The van der Waals surface area contributed by atoms with Crippen LogP contribution in [0.2, 0.25) is 0 Å². The molecule has 0 saturated carbocycles. The van der Waals surface area contributed by atoms with Crippen molar-refractivity contribution >= 4 is 28.5 Å². The maximum atomic E-state index is 12.2. The number of nitrogens with one attached hydrogen (secondary N) is 1. The molecule has 1 amide bonds. The van der Waals surface area contributed by atoms with E-state index >= 15 is 0 Å². The van der Waals surface area contributed by atoms with Crippen molar-refractivity contribution in [1.29, 1.82) is 0 Å². The van der Waals surface area contributed by atoms with Crippen LogP contribution in [-0.2, 0) is 11.3 Å². The first-order valence-electron chi connectivity index (χ1n) is 7.10. The predicted molar refractivity (Wildman–Crippen MR) is 86.6 cm³/mol. The van der Waals surface area contributed by atoms with Crippen LogP contribution in [0.15, 0.2) is 18.2 Å². The second-order valence-corrected chi connectivity index (χ2v) is 7.07. The zero-order valence-electron chi connectivity index (χ0n) is 13.2. The van der Waals surface area contributed by atoms with E-state index in [2.05, 4.69) is 10.3 Å². The Morgan fingerprint density at radius 2 is 2.10 bits per heavy atom. The van der Waals surface area contributed by atoms with Gasteiger partial charge < -0.3 is 9.88 Å². The molecule has 4 nitrogen and oxygen atoms in total. The first kappa shape index (κ1) is 15.8. The molecule has 0 aliphatic heterocycles. The van der Waals surface area contributed by atoms with E-state index in [1.807, 2.05) is 57.4 Å². The summed E-state index contributed by atoms with van der Waals surface area (Å²) in [5.41, 5.74) is 2.68. The highest BCUT2D eigenvalue weighted by Gasteiger charge is 2.20. The lowest BCUT2D eigenvalue weighted by Crippen LogP contribution is -2.42. The molecule has 0 radical (unpaired) electrons. The van der Waals surface area contributed by atoms with Crippen LogP contribution in [0, 0.1) is 6.92 Å². The summed E-state index contributed by atoms with van der Waals surface area (Å²) in [6, 6.07) is 5.96. The van der Waals surface area contributed by atoms with Crippen LogP contribution in [0.25, 0.3) is 11.0 Å². The predicted octanol–water partition coefficient (Wildman–Crippen LogP) is 3.56. The zero-order chi connectivity index (χ0) is 15.8. The van der Waals surface area contributed by atoms with Crippen molar-refractivity contribution in [2.75, 3.05) is 0 Å². The summed E-state index contributed by atoms with van der Waals surface area (Å²) >= 11 is 6.23. The molecule has 1 atom stereocenters. The Kier molecular flexibility index (Phi) is 4.28. The summed E-state index contributed by atoms with van der Waals surface area (Å²) in [5.74, 6) is 0.687. The first-order chi connectivity index (χ1) is 9.69. The highest BCUT2D eigenvalue weighted by atomic mass is 35.5. The molecule has 2 rings (SSSR count). The number of fused-ring (bicyclic) bond motifs is 1. The Hall–Kier alpha value is -1.55. The van der Waals surface area contributed by atoms with E-state index in [1.54, 1.807) is 0 Å². The fraction of sp³-hybridized carbons (Fsp3) is 0.500. The summed E-state index contributed by atoms with van der Waals surface area (Å²) in [7, 11) is 0. The molecule has 1 aromatic carbocycles. The standard InChI is InChI=1S/C16H22ClN3O/c1-10-7-6-8-12-14(10)18-15(11(2)17)20(12)9-13(21)19-16(3,4)5/h6-8,11H,9H2,1-5H3,(H,19,21). The van der Waals surface area contributed by atoms with Crippen molar-refractivity contribution in [3.63, 3.8) is 0 Å². The molecule has 1 aromatic heterocycles. The van der Waals surface area contributed by atoms with Crippen LogP contribution >= 0.6 is 11.6 Å².